The van der Waals surface area contributed by atoms with E-state index in [9.17, 15) is 0 Å². The average Bonchev–Trinajstić information content (AvgIpc) is 2.16. The zero-order valence-electron chi connectivity index (χ0n) is 7.97. The maximum absolute atomic E-state index is 5.77. The fourth-order valence-corrected chi connectivity index (χ4v) is 1.10. The largest absolute Gasteiger partial charge is 0.496 e. The van der Waals surface area contributed by atoms with Crippen LogP contribution in [0.4, 0.5) is 0 Å². The molecule has 4 N–H and O–H groups in total. The Hall–Kier alpha value is -0.480. The first kappa shape index (κ1) is 16.0. The van der Waals surface area contributed by atoms with Gasteiger partial charge in [-0.3, -0.25) is 0 Å². The molecule has 0 saturated carbocycles. The Labute approximate surface area is 96.6 Å². The lowest BCUT2D eigenvalue weighted by atomic mass is 10.1. The molecular formula is C9H16Cl2N2O. The van der Waals surface area contributed by atoms with Gasteiger partial charge in [0.15, 0.2) is 0 Å². The normalized spacial score (nSPS) is 10.8. The number of hydrogen-bond acceptors (Lipinski definition) is 3. The Kier molecular flexibility index (Phi) is 8.99. The minimum Gasteiger partial charge on any atom is -0.496 e. The van der Waals surface area contributed by atoms with Gasteiger partial charge in [0.25, 0.3) is 0 Å². The van der Waals surface area contributed by atoms with E-state index in [1.807, 2.05) is 24.3 Å². The number of methoxy groups -OCH3 is 1. The fourth-order valence-electron chi connectivity index (χ4n) is 1.10. The maximum Gasteiger partial charge on any atom is 0.123 e. The summed E-state index contributed by atoms with van der Waals surface area (Å²) in [4.78, 5) is 0. The Bertz CT molecular complexity index is 258. The van der Waals surface area contributed by atoms with Crippen molar-refractivity contribution in [2.24, 2.45) is 11.5 Å². The van der Waals surface area contributed by atoms with Crippen molar-refractivity contribution in [3.8, 4) is 5.75 Å². The summed E-state index contributed by atoms with van der Waals surface area (Å²) in [6.07, 6.45) is 0. The summed E-state index contributed by atoms with van der Waals surface area (Å²) in [6, 6.07) is 7.50. The van der Waals surface area contributed by atoms with Gasteiger partial charge in [-0.2, -0.15) is 0 Å². The maximum atomic E-state index is 5.77. The summed E-state index contributed by atoms with van der Waals surface area (Å²) in [5.74, 6) is 0.801. The van der Waals surface area contributed by atoms with Gasteiger partial charge in [-0.1, -0.05) is 18.2 Å². The van der Waals surface area contributed by atoms with Crippen molar-refractivity contribution in [3.05, 3.63) is 29.8 Å². The summed E-state index contributed by atoms with van der Waals surface area (Å²) < 4.78 is 5.13. The highest BCUT2D eigenvalue weighted by Crippen LogP contribution is 2.21. The van der Waals surface area contributed by atoms with Gasteiger partial charge in [0.1, 0.15) is 5.75 Å². The third kappa shape index (κ3) is 3.72. The number of halogens is 2. The SMILES string of the molecule is COc1ccccc1C(N)CN.Cl.Cl. The zero-order valence-corrected chi connectivity index (χ0v) is 9.61. The molecule has 0 saturated heterocycles. The van der Waals surface area contributed by atoms with Gasteiger partial charge < -0.3 is 16.2 Å². The van der Waals surface area contributed by atoms with Gasteiger partial charge in [-0.05, 0) is 6.07 Å². The van der Waals surface area contributed by atoms with Gasteiger partial charge in [0.2, 0.25) is 0 Å². The molecule has 1 unspecified atom stereocenters. The van der Waals surface area contributed by atoms with Crippen LogP contribution >= 0.6 is 24.8 Å². The molecule has 1 aromatic carbocycles. The molecule has 0 amide bonds. The summed E-state index contributed by atoms with van der Waals surface area (Å²) in [5, 5.41) is 0. The second-order valence-electron chi connectivity index (χ2n) is 2.58. The van der Waals surface area contributed by atoms with Crippen LogP contribution in [0.5, 0.6) is 5.75 Å². The van der Waals surface area contributed by atoms with Crippen molar-refractivity contribution in [2.45, 2.75) is 6.04 Å². The lowest BCUT2D eigenvalue weighted by Gasteiger charge is -2.12. The van der Waals surface area contributed by atoms with Crippen LogP contribution in [0.15, 0.2) is 24.3 Å². The smallest absolute Gasteiger partial charge is 0.123 e. The quantitative estimate of drug-likeness (QED) is 0.840. The second kappa shape index (κ2) is 7.88. The van der Waals surface area contributed by atoms with Gasteiger partial charge in [0, 0.05) is 18.2 Å². The first-order chi connectivity index (χ1) is 5.79. The molecule has 0 radical (unpaired) electrons. The molecule has 0 aliphatic heterocycles. The minimum absolute atomic E-state index is 0. The monoisotopic (exact) mass is 238 g/mol. The molecule has 0 aliphatic rings. The van der Waals surface area contributed by atoms with E-state index in [1.54, 1.807) is 7.11 Å². The molecule has 0 bridgehead atoms. The van der Waals surface area contributed by atoms with E-state index in [1.165, 1.54) is 0 Å². The molecule has 0 heterocycles. The number of benzene rings is 1. The summed E-state index contributed by atoms with van der Waals surface area (Å²) >= 11 is 0. The van der Waals surface area contributed by atoms with Crippen LogP contribution in [0, 0.1) is 0 Å². The van der Waals surface area contributed by atoms with Crippen LogP contribution in [-0.2, 0) is 0 Å². The van der Waals surface area contributed by atoms with Crippen LogP contribution in [-0.4, -0.2) is 13.7 Å². The van der Waals surface area contributed by atoms with E-state index >= 15 is 0 Å². The Morgan fingerprint density at radius 3 is 2.36 bits per heavy atom. The van der Waals surface area contributed by atoms with Crippen molar-refractivity contribution in [2.75, 3.05) is 13.7 Å². The minimum atomic E-state index is -0.138. The summed E-state index contributed by atoms with van der Waals surface area (Å²) in [5.41, 5.74) is 12.2. The molecule has 5 heteroatoms. The van der Waals surface area contributed by atoms with Crippen molar-refractivity contribution in [1.29, 1.82) is 0 Å². The highest BCUT2D eigenvalue weighted by molar-refractivity contribution is 5.85. The third-order valence-electron chi connectivity index (χ3n) is 1.79. The van der Waals surface area contributed by atoms with E-state index in [0.29, 0.717) is 6.54 Å². The molecule has 82 valence electrons. The van der Waals surface area contributed by atoms with Gasteiger partial charge in [-0.15, -0.1) is 24.8 Å². The predicted molar refractivity (Wildman–Crippen MR) is 63.5 cm³/mol. The van der Waals surface area contributed by atoms with Crippen molar-refractivity contribution in [1.82, 2.24) is 0 Å². The molecule has 0 aromatic heterocycles. The Morgan fingerprint density at radius 1 is 1.29 bits per heavy atom. The van der Waals surface area contributed by atoms with Crippen molar-refractivity contribution < 1.29 is 4.74 Å². The molecule has 1 rings (SSSR count). The number of para-hydroxylation sites is 1. The average molecular weight is 239 g/mol. The van der Waals surface area contributed by atoms with Gasteiger partial charge in [-0.25, -0.2) is 0 Å². The highest BCUT2D eigenvalue weighted by Gasteiger charge is 2.08. The Balaban J connectivity index is 0. The van der Waals surface area contributed by atoms with Crippen LogP contribution in [0.1, 0.15) is 11.6 Å². The number of rotatable bonds is 3. The first-order valence-corrected chi connectivity index (χ1v) is 3.88. The summed E-state index contributed by atoms with van der Waals surface area (Å²) in [6.45, 7) is 0.431. The Morgan fingerprint density at radius 2 is 1.86 bits per heavy atom. The van der Waals surface area contributed by atoms with Gasteiger partial charge >= 0.3 is 0 Å². The van der Waals surface area contributed by atoms with Crippen LogP contribution < -0.4 is 16.2 Å². The van der Waals surface area contributed by atoms with E-state index in [2.05, 4.69) is 0 Å². The molecule has 0 aliphatic carbocycles. The topological polar surface area (TPSA) is 61.3 Å². The lowest BCUT2D eigenvalue weighted by Crippen LogP contribution is -2.21. The molecule has 0 spiro atoms. The fraction of sp³-hybridized carbons (Fsp3) is 0.333. The molecule has 1 aromatic rings. The van der Waals surface area contributed by atoms with Crippen molar-refractivity contribution >= 4 is 24.8 Å². The van der Waals surface area contributed by atoms with Crippen LogP contribution in [0.3, 0.4) is 0 Å². The molecule has 1 atom stereocenters. The first-order valence-electron chi connectivity index (χ1n) is 3.88. The predicted octanol–water partition coefficient (Wildman–Crippen LogP) is 1.50. The standard InChI is InChI=1S/C9H14N2O.2ClH/c1-12-9-5-3-2-4-7(9)8(11)6-10;;/h2-5,8H,6,10-11H2,1H3;2*1H. The summed E-state index contributed by atoms with van der Waals surface area (Å²) in [7, 11) is 1.63. The van der Waals surface area contributed by atoms with Gasteiger partial charge in [0.05, 0.1) is 7.11 Å². The second-order valence-corrected chi connectivity index (χ2v) is 2.58. The van der Waals surface area contributed by atoms with Crippen LogP contribution in [0.25, 0.3) is 0 Å². The van der Waals surface area contributed by atoms with E-state index < -0.39 is 0 Å². The van der Waals surface area contributed by atoms with E-state index in [4.69, 9.17) is 16.2 Å². The molecule has 0 fully saturated rings. The van der Waals surface area contributed by atoms with Crippen molar-refractivity contribution in [3.63, 3.8) is 0 Å². The van der Waals surface area contributed by atoms with Crippen LogP contribution in [0.2, 0.25) is 0 Å². The third-order valence-corrected chi connectivity index (χ3v) is 1.79. The highest BCUT2D eigenvalue weighted by atomic mass is 35.5. The number of ether oxygens (including phenoxy) is 1. The van der Waals surface area contributed by atoms with E-state index in [-0.39, 0.29) is 30.9 Å². The molecular weight excluding hydrogens is 223 g/mol. The lowest BCUT2D eigenvalue weighted by molar-refractivity contribution is 0.406. The zero-order chi connectivity index (χ0) is 8.97. The molecule has 14 heavy (non-hydrogen) atoms. The van der Waals surface area contributed by atoms with E-state index in [0.717, 1.165) is 11.3 Å². The number of hydrogen-bond donors (Lipinski definition) is 2. The molecule has 3 nitrogen and oxygen atoms in total. The number of nitrogens with two attached hydrogens (primary N) is 2.